The second-order valence-corrected chi connectivity index (χ2v) is 4.72. The molecular weight excluding hydrogens is 214 g/mol. The highest BCUT2D eigenvalue weighted by molar-refractivity contribution is 5.77. The summed E-state index contributed by atoms with van der Waals surface area (Å²) in [5.41, 5.74) is 5.35. The van der Waals surface area contributed by atoms with Gasteiger partial charge < -0.3 is 10.5 Å². The predicted octanol–water partition coefficient (Wildman–Crippen LogP) is 3.27. The van der Waals surface area contributed by atoms with Gasteiger partial charge in [-0.1, -0.05) is 46.0 Å². The molecule has 0 aliphatic carbocycles. The van der Waals surface area contributed by atoms with E-state index in [0.717, 1.165) is 19.3 Å². The van der Waals surface area contributed by atoms with Gasteiger partial charge in [-0.2, -0.15) is 0 Å². The number of carbonyl (C=O) groups excluding carboxylic acids is 1. The van der Waals surface area contributed by atoms with Crippen LogP contribution in [0.4, 0.5) is 0 Å². The average Bonchev–Trinajstić information content (AvgIpc) is 2.34. The van der Waals surface area contributed by atoms with Crippen molar-refractivity contribution >= 4 is 5.97 Å². The van der Waals surface area contributed by atoms with Crippen LogP contribution in [-0.4, -0.2) is 19.1 Å². The highest BCUT2D eigenvalue weighted by Gasteiger charge is 2.35. The zero-order valence-corrected chi connectivity index (χ0v) is 11.8. The molecule has 0 fully saturated rings. The molecule has 2 N–H and O–H groups in total. The first-order chi connectivity index (χ1) is 8.16. The van der Waals surface area contributed by atoms with Crippen molar-refractivity contribution in [2.24, 2.45) is 11.1 Å². The Morgan fingerprint density at radius 2 is 1.76 bits per heavy atom. The quantitative estimate of drug-likeness (QED) is 0.473. The van der Waals surface area contributed by atoms with Gasteiger partial charge in [0.2, 0.25) is 0 Å². The fourth-order valence-electron chi connectivity index (χ4n) is 2.10. The molecule has 1 atom stereocenters. The van der Waals surface area contributed by atoms with Crippen LogP contribution in [0.5, 0.6) is 0 Å². The second-order valence-electron chi connectivity index (χ2n) is 4.72. The number of hydrogen-bond acceptors (Lipinski definition) is 3. The van der Waals surface area contributed by atoms with E-state index in [1.807, 2.05) is 13.8 Å². The van der Waals surface area contributed by atoms with Crippen LogP contribution in [0.25, 0.3) is 0 Å². The van der Waals surface area contributed by atoms with Gasteiger partial charge in [0, 0.05) is 6.54 Å². The van der Waals surface area contributed by atoms with Crippen molar-refractivity contribution in [3.63, 3.8) is 0 Å². The van der Waals surface area contributed by atoms with E-state index in [4.69, 9.17) is 10.5 Å². The number of hydrogen-bond donors (Lipinski definition) is 1. The lowest BCUT2D eigenvalue weighted by atomic mass is 9.80. The van der Waals surface area contributed by atoms with Gasteiger partial charge in [0.1, 0.15) is 0 Å². The minimum absolute atomic E-state index is 0.111. The van der Waals surface area contributed by atoms with Crippen LogP contribution in [-0.2, 0) is 9.53 Å². The van der Waals surface area contributed by atoms with E-state index >= 15 is 0 Å². The highest BCUT2D eigenvalue weighted by Crippen LogP contribution is 2.29. The third kappa shape index (κ3) is 5.53. The molecule has 0 aliphatic heterocycles. The van der Waals surface area contributed by atoms with Gasteiger partial charge in [-0.3, -0.25) is 4.79 Å². The summed E-state index contributed by atoms with van der Waals surface area (Å²) < 4.78 is 5.15. The first-order valence-corrected chi connectivity index (χ1v) is 7.04. The van der Waals surface area contributed by atoms with Crippen molar-refractivity contribution in [2.75, 3.05) is 13.2 Å². The first-order valence-electron chi connectivity index (χ1n) is 7.04. The Kier molecular flexibility index (Phi) is 9.14. The van der Waals surface area contributed by atoms with E-state index < -0.39 is 5.41 Å². The molecule has 0 aliphatic rings. The van der Waals surface area contributed by atoms with Gasteiger partial charge in [0.15, 0.2) is 0 Å². The minimum Gasteiger partial charge on any atom is -0.466 e. The smallest absolute Gasteiger partial charge is 0.313 e. The third-order valence-corrected chi connectivity index (χ3v) is 3.53. The second kappa shape index (κ2) is 9.46. The molecular formula is C14H29NO2. The number of rotatable bonds is 10. The molecule has 0 amide bonds. The minimum atomic E-state index is -0.442. The van der Waals surface area contributed by atoms with Gasteiger partial charge in [0.25, 0.3) is 0 Å². The summed E-state index contributed by atoms with van der Waals surface area (Å²) in [6.45, 7) is 6.91. The molecule has 0 bridgehead atoms. The largest absolute Gasteiger partial charge is 0.466 e. The van der Waals surface area contributed by atoms with E-state index in [-0.39, 0.29) is 5.97 Å². The van der Waals surface area contributed by atoms with Crippen molar-refractivity contribution in [2.45, 2.75) is 65.7 Å². The van der Waals surface area contributed by atoms with Crippen molar-refractivity contribution in [3.8, 4) is 0 Å². The van der Waals surface area contributed by atoms with Gasteiger partial charge >= 0.3 is 5.97 Å². The molecule has 0 aromatic rings. The van der Waals surface area contributed by atoms with Gasteiger partial charge in [-0.15, -0.1) is 0 Å². The normalized spacial score (nSPS) is 14.4. The zero-order valence-electron chi connectivity index (χ0n) is 11.8. The number of nitrogens with two attached hydrogens (primary N) is 1. The monoisotopic (exact) mass is 243 g/mol. The lowest BCUT2D eigenvalue weighted by molar-refractivity contribution is -0.155. The standard InChI is InChI=1S/C14H29NO2/c1-4-7-8-9-10-11-14(5-2,12-15)13(16)17-6-3/h4-12,15H2,1-3H3. The highest BCUT2D eigenvalue weighted by atomic mass is 16.5. The summed E-state index contributed by atoms with van der Waals surface area (Å²) in [4.78, 5) is 11.9. The lowest BCUT2D eigenvalue weighted by Crippen LogP contribution is -2.39. The Hall–Kier alpha value is -0.570. The van der Waals surface area contributed by atoms with Crippen LogP contribution in [0.15, 0.2) is 0 Å². The number of carbonyl (C=O) groups is 1. The Labute approximate surface area is 106 Å². The summed E-state index contributed by atoms with van der Waals surface area (Å²) in [6, 6.07) is 0. The van der Waals surface area contributed by atoms with Gasteiger partial charge in [0.05, 0.1) is 12.0 Å². The fourth-order valence-corrected chi connectivity index (χ4v) is 2.10. The molecule has 3 heteroatoms. The van der Waals surface area contributed by atoms with Crippen molar-refractivity contribution in [3.05, 3.63) is 0 Å². The lowest BCUT2D eigenvalue weighted by Gasteiger charge is -2.28. The maximum atomic E-state index is 11.9. The molecule has 0 saturated heterocycles. The van der Waals surface area contributed by atoms with E-state index in [1.165, 1.54) is 25.7 Å². The third-order valence-electron chi connectivity index (χ3n) is 3.53. The fraction of sp³-hybridized carbons (Fsp3) is 0.929. The van der Waals surface area contributed by atoms with E-state index in [0.29, 0.717) is 13.2 Å². The summed E-state index contributed by atoms with van der Waals surface area (Å²) in [7, 11) is 0. The van der Waals surface area contributed by atoms with Crippen LogP contribution >= 0.6 is 0 Å². The van der Waals surface area contributed by atoms with Crippen molar-refractivity contribution < 1.29 is 9.53 Å². The summed E-state index contributed by atoms with van der Waals surface area (Å²) in [6.07, 6.45) is 7.68. The summed E-state index contributed by atoms with van der Waals surface area (Å²) >= 11 is 0. The van der Waals surface area contributed by atoms with E-state index in [2.05, 4.69) is 6.92 Å². The van der Waals surface area contributed by atoms with Crippen LogP contribution in [0.1, 0.15) is 65.7 Å². The maximum absolute atomic E-state index is 11.9. The SMILES string of the molecule is CCCCCCCC(CC)(CN)C(=O)OCC. The summed E-state index contributed by atoms with van der Waals surface area (Å²) in [5, 5.41) is 0. The molecule has 1 unspecified atom stereocenters. The van der Waals surface area contributed by atoms with Crippen LogP contribution < -0.4 is 5.73 Å². The van der Waals surface area contributed by atoms with Crippen molar-refractivity contribution in [1.82, 2.24) is 0 Å². The Bertz CT molecular complexity index is 200. The number of ether oxygens (including phenoxy) is 1. The molecule has 3 nitrogen and oxygen atoms in total. The molecule has 17 heavy (non-hydrogen) atoms. The van der Waals surface area contributed by atoms with Crippen molar-refractivity contribution in [1.29, 1.82) is 0 Å². The number of esters is 1. The Morgan fingerprint density at radius 1 is 1.12 bits per heavy atom. The molecule has 0 spiro atoms. The van der Waals surface area contributed by atoms with Crippen LogP contribution in [0, 0.1) is 5.41 Å². The van der Waals surface area contributed by atoms with Crippen LogP contribution in [0.3, 0.4) is 0 Å². The molecule has 0 rings (SSSR count). The molecule has 0 aromatic carbocycles. The van der Waals surface area contributed by atoms with Crippen LogP contribution in [0.2, 0.25) is 0 Å². The number of unbranched alkanes of at least 4 members (excludes halogenated alkanes) is 4. The van der Waals surface area contributed by atoms with Gasteiger partial charge in [-0.25, -0.2) is 0 Å². The average molecular weight is 243 g/mol. The molecule has 0 saturated carbocycles. The molecule has 102 valence electrons. The first kappa shape index (κ1) is 16.4. The Morgan fingerprint density at radius 3 is 2.24 bits per heavy atom. The molecule has 0 heterocycles. The summed E-state index contributed by atoms with van der Waals surface area (Å²) in [5.74, 6) is -0.111. The van der Waals surface area contributed by atoms with E-state index in [9.17, 15) is 4.79 Å². The predicted molar refractivity (Wildman–Crippen MR) is 71.8 cm³/mol. The zero-order chi connectivity index (χ0) is 13.1. The Balaban J connectivity index is 4.16. The van der Waals surface area contributed by atoms with Gasteiger partial charge in [-0.05, 0) is 19.8 Å². The van der Waals surface area contributed by atoms with E-state index in [1.54, 1.807) is 0 Å². The molecule has 0 radical (unpaired) electrons. The molecule has 0 aromatic heterocycles. The topological polar surface area (TPSA) is 52.3 Å². The maximum Gasteiger partial charge on any atom is 0.313 e.